The van der Waals surface area contributed by atoms with Crippen LogP contribution in [0.2, 0.25) is 5.02 Å². The number of pyridine rings is 1. The molecule has 0 aliphatic carbocycles. The van der Waals surface area contributed by atoms with E-state index in [1.165, 1.54) is 13.2 Å². The summed E-state index contributed by atoms with van der Waals surface area (Å²) in [5, 5.41) is 3.56. The molecule has 2 atom stereocenters. The van der Waals surface area contributed by atoms with E-state index in [1.807, 2.05) is 6.07 Å². The van der Waals surface area contributed by atoms with E-state index in [-0.39, 0.29) is 40.2 Å². The number of aromatic nitrogens is 1. The van der Waals surface area contributed by atoms with Crippen molar-refractivity contribution >= 4 is 45.7 Å². The first-order valence-corrected chi connectivity index (χ1v) is 12.0. The van der Waals surface area contributed by atoms with Crippen molar-refractivity contribution < 1.29 is 17.6 Å². The van der Waals surface area contributed by atoms with Crippen LogP contribution >= 0.6 is 24.0 Å². The minimum Gasteiger partial charge on any atom is -0.493 e. The van der Waals surface area contributed by atoms with Gasteiger partial charge >= 0.3 is 0 Å². The van der Waals surface area contributed by atoms with Crippen molar-refractivity contribution in [3.8, 4) is 16.9 Å². The zero-order chi connectivity index (χ0) is 22.9. The van der Waals surface area contributed by atoms with Crippen molar-refractivity contribution in [2.45, 2.75) is 30.8 Å². The first-order chi connectivity index (χ1) is 15.3. The van der Waals surface area contributed by atoms with Crippen LogP contribution in [0.1, 0.15) is 13.8 Å². The molecule has 8 nitrogen and oxygen atoms in total. The Labute approximate surface area is 204 Å². The van der Waals surface area contributed by atoms with Crippen LogP contribution in [0.5, 0.6) is 5.75 Å². The van der Waals surface area contributed by atoms with E-state index in [1.54, 1.807) is 36.8 Å². The number of nitrogens with zero attached hydrogens (tertiary/aromatic N) is 2. The van der Waals surface area contributed by atoms with Crippen LogP contribution in [0.3, 0.4) is 0 Å². The number of hydrogen-bond donors (Lipinski definition) is 2. The van der Waals surface area contributed by atoms with Gasteiger partial charge < -0.3 is 19.4 Å². The first kappa shape index (κ1) is 25.2. The minimum atomic E-state index is -4.01. The lowest BCUT2D eigenvalue weighted by Gasteiger charge is -2.37. The molecule has 11 heteroatoms. The minimum absolute atomic E-state index is 0. The van der Waals surface area contributed by atoms with E-state index >= 15 is 0 Å². The molecule has 0 saturated carbocycles. The Hall–Kier alpha value is -2.46. The molecular weight excluding hydrogens is 487 g/mol. The number of rotatable bonds is 6. The molecule has 2 aromatic heterocycles. The SMILES string of the molecule is COc1ccc(N2C[C@@H](C)N[C@@H](C)C2)nc1NS(=O)(=O)c1ccc(-c2ccoc2)cc1Cl.Cl. The molecule has 0 spiro atoms. The Morgan fingerprint density at radius 1 is 1.15 bits per heavy atom. The molecule has 178 valence electrons. The molecule has 1 aromatic carbocycles. The summed E-state index contributed by atoms with van der Waals surface area (Å²) in [5.74, 6) is 1.10. The summed E-state index contributed by atoms with van der Waals surface area (Å²) in [7, 11) is -2.54. The predicted octanol–water partition coefficient (Wildman–Crippen LogP) is 4.41. The van der Waals surface area contributed by atoms with E-state index in [2.05, 4.69) is 33.8 Å². The molecule has 4 rings (SSSR count). The Morgan fingerprint density at radius 2 is 1.88 bits per heavy atom. The highest BCUT2D eigenvalue weighted by Crippen LogP contribution is 2.32. The summed E-state index contributed by atoms with van der Waals surface area (Å²) >= 11 is 6.34. The van der Waals surface area contributed by atoms with Gasteiger partial charge in [-0.25, -0.2) is 13.4 Å². The zero-order valence-corrected chi connectivity index (χ0v) is 20.8. The van der Waals surface area contributed by atoms with Gasteiger partial charge in [-0.1, -0.05) is 17.7 Å². The van der Waals surface area contributed by atoms with Crippen LogP contribution in [0.25, 0.3) is 11.1 Å². The highest BCUT2D eigenvalue weighted by atomic mass is 35.5. The number of anilines is 2. The van der Waals surface area contributed by atoms with E-state index in [4.69, 9.17) is 20.8 Å². The Kier molecular flexibility index (Phi) is 7.79. The third-order valence-corrected chi connectivity index (χ3v) is 7.07. The van der Waals surface area contributed by atoms with Crippen molar-refractivity contribution in [3.63, 3.8) is 0 Å². The summed E-state index contributed by atoms with van der Waals surface area (Å²) in [6, 6.07) is 10.6. The van der Waals surface area contributed by atoms with Crippen LogP contribution in [-0.2, 0) is 10.0 Å². The molecule has 1 aliphatic rings. The quantitative estimate of drug-likeness (QED) is 0.504. The summed E-state index contributed by atoms with van der Waals surface area (Å²) in [6.07, 6.45) is 3.11. The molecule has 0 radical (unpaired) electrons. The molecule has 3 heterocycles. The number of nitrogens with one attached hydrogen (secondary N) is 2. The largest absolute Gasteiger partial charge is 0.493 e. The average molecular weight is 513 g/mol. The fourth-order valence-electron chi connectivity index (χ4n) is 3.87. The Morgan fingerprint density at radius 3 is 2.48 bits per heavy atom. The third kappa shape index (κ3) is 5.55. The van der Waals surface area contributed by atoms with Crippen molar-refractivity contribution in [1.82, 2.24) is 10.3 Å². The smallest absolute Gasteiger partial charge is 0.264 e. The van der Waals surface area contributed by atoms with Gasteiger partial charge in [-0.05, 0) is 49.7 Å². The molecule has 1 saturated heterocycles. The molecule has 0 bridgehead atoms. The zero-order valence-electron chi connectivity index (χ0n) is 18.4. The summed E-state index contributed by atoms with van der Waals surface area (Å²) in [5.41, 5.74) is 1.56. The van der Waals surface area contributed by atoms with Crippen LogP contribution in [0, 0.1) is 0 Å². The number of sulfonamides is 1. The molecule has 3 aromatic rings. The van der Waals surface area contributed by atoms with E-state index in [0.29, 0.717) is 11.6 Å². The van der Waals surface area contributed by atoms with Gasteiger partial charge in [0, 0.05) is 30.7 Å². The lowest BCUT2D eigenvalue weighted by atomic mass is 10.1. The maximum atomic E-state index is 13.1. The van der Waals surface area contributed by atoms with Gasteiger partial charge in [-0.15, -0.1) is 12.4 Å². The number of hydrogen-bond acceptors (Lipinski definition) is 7. The van der Waals surface area contributed by atoms with Gasteiger partial charge in [0.05, 0.1) is 24.7 Å². The molecule has 2 N–H and O–H groups in total. The van der Waals surface area contributed by atoms with Crippen LogP contribution in [0.4, 0.5) is 11.6 Å². The second-order valence-corrected chi connectivity index (χ2v) is 9.91. The number of piperazine rings is 1. The fourth-order valence-corrected chi connectivity index (χ4v) is 5.43. The Balaban J connectivity index is 0.00000306. The highest BCUT2D eigenvalue weighted by Gasteiger charge is 2.25. The van der Waals surface area contributed by atoms with Gasteiger partial charge in [0.25, 0.3) is 10.0 Å². The van der Waals surface area contributed by atoms with Crippen molar-refractivity contribution in [2.24, 2.45) is 0 Å². The van der Waals surface area contributed by atoms with Gasteiger partial charge in [0.2, 0.25) is 0 Å². The van der Waals surface area contributed by atoms with Crippen LogP contribution in [0.15, 0.2) is 58.2 Å². The Bertz CT molecular complexity index is 1200. The number of halogens is 2. The van der Waals surface area contributed by atoms with Crippen LogP contribution < -0.4 is 19.7 Å². The first-order valence-electron chi connectivity index (χ1n) is 10.2. The number of methoxy groups -OCH3 is 1. The van der Waals surface area contributed by atoms with Crippen LogP contribution in [-0.4, -0.2) is 45.7 Å². The maximum Gasteiger partial charge on any atom is 0.264 e. The fraction of sp³-hybridized carbons (Fsp3) is 0.318. The molecular formula is C22H26Cl2N4O4S. The van der Waals surface area contributed by atoms with Crippen molar-refractivity contribution in [1.29, 1.82) is 0 Å². The third-order valence-electron chi connectivity index (χ3n) is 5.25. The average Bonchev–Trinajstić information content (AvgIpc) is 3.27. The van der Waals surface area contributed by atoms with Gasteiger partial charge in [-0.2, -0.15) is 0 Å². The van der Waals surface area contributed by atoms with E-state index in [0.717, 1.165) is 24.2 Å². The van der Waals surface area contributed by atoms with E-state index in [9.17, 15) is 8.42 Å². The summed E-state index contributed by atoms with van der Waals surface area (Å²) < 4.78 is 39.3. The number of benzene rings is 1. The molecule has 33 heavy (non-hydrogen) atoms. The molecule has 0 unspecified atom stereocenters. The molecule has 1 fully saturated rings. The monoisotopic (exact) mass is 512 g/mol. The van der Waals surface area contributed by atoms with Crippen molar-refractivity contribution in [2.75, 3.05) is 29.8 Å². The summed E-state index contributed by atoms with van der Waals surface area (Å²) in [6.45, 7) is 5.73. The lowest BCUT2D eigenvalue weighted by Crippen LogP contribution is -2.54. The van der Waals surface area contributed by atoms with Gasteiger partial charge in [0.1, 0.15) is 10.7 Å². The van der Waals surface area contributed by atoms with Gasteiger partial charge in [0.15, 0.2) is 11.6 Å². The standard InChI is InChI=1S/C22H25ClN4O4S.ClH/c1-14-11-27(12-15(2)24-14)21-7-5-19(30-3)22(25-21)26-32(28,29)20-6-4-16(10-18(20)23)17-8-9-31-13-17;/h4-10,13-15,24H,11-12H2,1-3H3,(H,25,26);1H/t14-,15+;. The maximum absolute atomic E-state index is 13.1. The second-order valence-electron chi connectivity index (χ2n) is 7.86. The highest BCUT2D eigenvalue weighted by molar-refractivity contribution is 7.92. The van der Waals surface area contributed by atoms with Crippen molar-refractivity contribution in [3.05, 3.63) is 53.9 Å². The number of ether oxygens (including phenoxy) is 1. The molecule has 1 aliphatic heterocycles. The van der Waals surface area contributed by atoms with E-state index < -0.39 is 10.0 Å². The topological polar surface area (TPSA) is 96.7 Å². The molecule has 0 amide bonds. The normalized spacial score (nSPS) is 18.5. The van der Waals surface area contributed by atoms with Gasteiger partial charge in [-0.3, -0.25) is 4.72 Å². The summed E-state index contributed by atoms with van der Waals surface area (Å²) in [4.78, 5) is 6.63. The predicted molar refractivity (Wildman–Crippen MR) is 132 cm³/mol. The number of furan rings is 1. The second kappa shape index (κ2) is 10.2. The lowest BCUT2D eigenvalue weighted by molar-refractivity contribution is 0.403.